The standard InChI is InChI=1S/C17H21ClNO3P/c1-14(20)12-23(21,13-16-5-3-2-4-6-16)22-19-11-15-7-9-17(18)10-8-15/h2-10,14,19-20H,11-13H2,1H3/t14-,23?/m1/s1. The molecule has 0 aliphatic carbocycles. The molecule has 0 radical (unpaired) electrons. The van der Waals surface area contributed by atoms with Gasteiger partial charge in [-0.1, -0.05) is 54.1 Å². The first-order valence-corrected chi connectivity index (χ1v) is 9.80. The van der Waals surface area contributed by atoms with Gasteiger partial charge in [0, 0.05) is 11.6 Å². The summed E-state index contributed by atoms with van der Waals surface area (Å²) in [5.41, 5.74) is 4.66. The van der Waals surface area contributed by atoms with Gasteiger partial charge < -0.3 is 5.11 Å². The maximum absolute atomic E-state index is 13.0. The van der Waals surface area contributed by atoms with E-state index in [0.717, 1.165) is 11.1 Å². The Morgan fingerprint density at radius 3 is 2.39 bits per heavy atom. The van der Waals surface area contributed by atoms with Crippen LogP contribution < -0.4 is 5.48 Å². The Morgan fingerprint density at radius 1 is 1.13 bits per heavy atom. The average Bonchev–Trinajstić information content (AvgIpc) is 2.49. The van der Waals surface area contributed by atoms with Crippen LogP contribution in [0.2, 0.25) is 5.02 Å². The number of benzene rings is 2. The van der Waals surface area contributed by atoms with Gasteiger partial charge in [0.05, 0.1) is 18.4 Å². The van der Waals surface area contributed by atoms with Gasteiger partial charge in [-0.25, -0.2) is 4.62 Å². The molecule has 0 aliphatic rings. The normalized spacial score (nSPS) is 15.1. The highest BCUT2D eigenvalue weighted by Crippen LogP contribution is 2.49. The molecule has 0 fully saturated rings. The van der Waals surface area contributed by atoms with E-state index in [2.05, 4.69) is 5.48 Å². The molecule has 23 heavy (non-hydrogen) atoms. The summed E-state index contributed by atoms with van der Waals surface area (Å²) in [5, 5.41) is 10.3. The van der Waals surface area contributed by atoms with Gasteiger partial charge in [0.15, 0.2) is 0 Å². The van der Waals surface area contributed by atoms with Crippen molar-refractivity contribution in [2.24, 2.45) is 0 Å². The van der Waals surface area contributed by atoms with E-state index in [4.69, 9.17) is 16.2 Å². The highest BCUT2D eigenvalue weighted by Gasteiger charge is 2.26. The molecule has 0 heterocycles. The second-order valence-electron chi connectivity index (χ2n) is 5.53. The first-order valence-electron chi connectivity index (χ1n) is 7.43. The Bertz CT molecular complexity index is 647. The maximum atomic E-state index is 13.0. The minimum atomic E-state index is -3.03. The second kappa shape index (κ2) is 8.62. The zero-order chi connectivity index (χ0) is 16.7. The number of rotatable bonds is 8. The van der Waals surface area contributed by atoms with E-state index >= 15 is 0 Å². The predicted octanol–water partition coefficient (Wildman–Crippen LogP) is 4.22. The molecular formula is C17H21ClNO3P. The van der Waals surface area contributed by atoms with Gasteiger partial charge >= 0.3 is 0 Å². The molecule has 0 saturated heterocycles. The van der Waals surface area contributed by atoms with Crippen molar-refractivity contribution in [3.05, 3.63) is 70.7 Å². The van der Waals surface area contributed by atoms with Crippen molar-refractivity contribution in [1.29, 1.82) is 0 Å². The lowest BCUT2D eigenvalue weighted by Crippen LogP contribution is -2.18. The van der Waals surface area contributed by atoms with Gasteiger partial charge in [0.1, 0.15) is 0 Å². The monoisotopic (exact) mass is 353 g/mol. The minimum absolute atomic E-state index is 0.107. The van der Waals surface area contributed by atoms with Crippen LogP contribution in [0.4, 0.5) is 0 Å². The Hall–Kier alpha value is -1.16. The topological polar surface area (TPSA) is 58.6 Å². The number of hydrogen-bond donors (Lipinski definition) is 2. The summed E-state index contributed by atoms with van der Waals surface area (Å²) >= 11 is 5.84. The van der Waals surface area contributed by atoms with Gasteiger partial charge in [-0.2, -0.15) is 5.48 Å². The van der Waals surface area contributed by atoms with E-state index in [9.17, 15) is 9.67 Å². The fourth-order valence-corrected chi connectivity index (χ4v) is 4.50. The van der Waals surface area contributed by atoms with Crippen molar-refractivity contribution in [3.8, 4) is 0 Å². The maximum Gasteiger partial charge on any atom is 0.227 e. The third-order valence-corrected chi connectivity index (χ3v) is 5.87. The molecule has 1 unspecified atom stereocenters. The number of aliphatic hydroxyl groups excluding tert-OH is 1. The average molecular weight is 354 g/mol. The van der Waals surface area contributed by atoms with Crippen LogP contribution in [-0.2, 0) is 21.9 Å². The van der Waals surface area contributed by atoms with Crippen LogP contribution in [0.25, 0.3) is 0 Å². The third-order valence-electron chi connectivity index (χ3n) is 3.23. The summed E-state index contributed by atoms with van der Waals surface area (Å²) in [4.78, 5) is 0. The van der Waals surface area contributed by atoms with Crippen LogP contribution in [0.5, 0.6) is 0 Å². The molecule has 0 amide bonds. The molecule has 2 rings (SSSR count). The van der Waals surface area contributed by atoms with Gasteiger partial charge in [-0.15, -0.1) is 0 Å². The Kier molecular flexibility index (Phi) is 6.82. The molecule has 0 aliphatic heterocycles. The van der Waals surface area contributed by atoms with E-state index in [1.54, 1.807) is 19.1 Å². The van der Waals surface area contributed by atoms with E-state index in [1.807, 2.05) is 42.5 Å². The summed E-state index contributed by atoms with van der Waals surface area (Å²) in [6, 6.07) is 16.8. The number of hydroxylamine groups is 1. The summed E-state index contributed by atoms with van der Waals surface area (Å²) in [7, 11) is -3.03. The van der Waals surface area contributed by atoms with Crippen LogP contribution in [0.3, 0.4) is 0 Å². The largest absolute Gasteiger partial charge is 0.393 e. The molecule has 2 aromatic rings. The lowest BCUT2D eigenvalue weighted by atomic mass is 10.2. The first-order chi connectivity index (χ1) is 11.0. The molecule has 2 N–H and O–H groups in total. The summed E-state index contributed by atoms with van der Waals surface area (Å²) in [5.74, 6) is 0. The number of hydrogen-bond acceptors (Lipinski definition) is 4. The summed E-state index contributed by atoms with van der Waals surface area (Å²) in [6.07, 6.45) is -0.302. The van der Waals surface area contributed by atoms with Crippen LogP contribution in [-0.4, -0.2) is 17.4 Å². The van der Waals surface area contributed by atoms with E-state index in [-0.39, 0.29) is 12.3 Å². The zero-order valence-corrected chi connectivity index (χ0v) is 14.6. The molecule has 0 bridgehead atoms. The minimum Gasteiger partial charge on any atom is -0.393 e. The SMILES string of the molecule is C[C@@H](O)CP(=O)(Cc1ccccc1)ONCc1ccc(Cl)cc1. The van der Waals surface area contributed by atoms with Crippen molar-refractivity contribution in [1.82, 2.24) is 5.48 Å². The molecule has 0 spiro atoms. The van der Waals surface area contributed by atoms with E-state index in [1.165, 1.54) is 0 Å². The van der Waals surface area contributed by atoms with Crippen molar-refractivity contribution in [2.45, 2.75) is 25.7 Å². The van der Waals surface area contributed by atoms with E-state index in [0.29, 0.717) is 11.6 Å². The van der Waals surface area contributed by atoms with Crippen LogP contribution in [0.15, 0.2) is 54.6 Å². The van der Waals surface area contributed by atoms with Crippen molar-refractivity contribution >= 4 is 19.0 Å². The Morgan fingerprint density at radius 2 is 1.78 bits per heavy atom. The van der Waals surface area contributed by atoms with Crippen LogP contribution >= 0.6 is 19.0 Å². The summed E-state index contributed by atoms with van der Waals surface area (Å²) in [6.45, 7) is 2.02. The molecule has 124 valence electrons. The van der Waals surface area contributed by atoms with Crippen molar-refractivity contribution in [3.63, 3.8) is 0 Å². The highest BCUT2D eigenvalue weighted by molar-refractivity contribution is 7.58. The first kappa shape index (κ1) is 18.2. The second-order valence-corrected chi connectivity index (χ2v) is 8.46. The summed E-state index contributed by atoms with van der Waals surface area (Å²) < 4.78 is 18.5. The van der Waals surface area contributed by atoms with Gasteiger partial charge in [-0.3, -0.25) is 4.57 Å². The zero-order valence-electron chi connectivity index (χ0n) is 13.0. The lowest BCUT2D eigenvalue weighted by molar-refractivity contribution is 0.174. The molecule has 6 heteroatoms. The lowest BCUT2D eigenvalue weighted by Gasteiger charge is -2.20. The van der Waals surface area contributed by atoms with Crippen molar-refractivity contribution < 1.29 is 14.3 Å². The van der Waals surface area contributed by atoms with Gasteiger partial charge in [0.2, 0.25) is 7.37 Å². The van der Waals surface area contributed by atoms with Gasteiger partial charge in [0.25, 0.3) is 0 Å². The molecule has 0 saturated carbocycles. The number of aliphatic hydroxyl groups is 1. The fraction of sp³-hybridized carbons (Fsp3) is 0.294. The molecule has 4 nitrogen and oxygen atoms in total. The van der Waals surface area contributed by atoms with Crippen molar-refractivity contribution in [2.75, 3.05) is 6.16 Å². The fourth-order valence-electron chi connectivity index (χ4n) is 2.23. The highest BCUT2D eigenvalue weighted by atomic mass is 35.5. The molecule has 2 aromatic carbocycles. The molecular weight excluding hydrogens is 333 g/mol. The van der Waals surface area contributed by atoms with E-state index < -0.39 is 13.5 Å². The molecule has 2 atom stereocenters. The Balaban J connectivity index is 1.97. The van der Waals surface area contributed by atoms with Gasteiger partial charge in [-0.05, 0) is 30.2 Å². The number of nitrogens with one attached hydrogen (secondary N) is 1. The van der Waals surface area contributed by atoms with Crippen LogP contribution in [0, 0.1) is 0 Å². The smallest absolute Gasteiger partial charge is 0.227 e. The van der Waals surface area contributed by atoms with Crippen LogP contribution in [0.1, 0.15) is 18.1 Å². The third kappa shape index (κ3) is 6.46. The predicted molar refractivity (Wildman–Crippen MR) is 93.7 cm³/mol. The molecule has 0 aromatic heterocycles. The Labute approximate surface area is 141 Å². The number of halogens is 1. The quantitative estimate of drug-likeness (QED) is 0.551.